The maximum atomic E-state index is 13.4. The Labute approximate surface area is 343 Å². The van der Waals surface area contributed by atoms with Crippen LogP contribution in [0.2, 0.25) is 0 Å². The van der Waals surface area contributed by atoms with Crippen LogP contribution in [0.25, 0.3) is 0 Å². The molecule has 0 bridgehead atoms. The molecule has 5 aliphatic rings. The lowest BCUT2D eigenvalue weighted by molar-refractivity contribution is -0.156. The molecule has 0 unspecified atom stereocenters. The highest BCUT2D eigenvalue weighted by molar-refractivity contribution is 6.04. The summed E-state index contributed by atoms with van der Waals surface area (Å²) in [5, 5.41) is 9.58. The second-order valence-electron chi connectivity index (χ2n) is 17.1. The zero-order valence-electron chi connectivity index (χ0n) is 34.8. The van der Waals surface area contributed by atoms with Crippen LogP contribution < -0.4 is 30.5 Å². The Morgan fingerprint density at radius 2 is 1.64 bits per heavy atom. The molecule has 0 radical (unpaired) electrons. The number of amides is 3. The molecule has 3 heterocycles. The monoisotopic (exact) mass is 800 g/mol. The summed E-state index contributed by atoms with van der Waals surface area (Å²) >= 11 is 0. The van der Waals surface area contributed by atoms with Gasteiger partial charge in [0.1, 0.15) is 29.6 Å². The highest BCUT2D eigenvalue weighted by Crippen LogP contribution is 2.40. The summed E-state index contributed by atoms with van der Waals surface area (Å²) in [4.78, 5) is 68.7. The number of methoxy groups -OCH3 is 1. The van der Waals surface area contributed by atoms with Crippen LogP contribution in [0.5, 0.6) is 5.75 Å². The quantitative estimate of drug-likeness (QED) is 0.175. The number of benzene rings is 1. The lowest BCUT2D eigenvalue weighted by Crippen LogP contribution is -2.55. The molecular formula is C44H64N8O6. The zero-order chi connectivity index (χ0) is 40.6. The number of anilines is 4. The number of fused-ring (bicyclic) bond motifs is 1. The number of likely N-dealkylation sites (tertiary alicyclic amines) is 1. The number of rotatable bonds is 15. The van der Waals surface area contributed by atoms with Gasteiger partial charge in [0.25, 0.3) is 5.91 Å². The van der Waals surface area contributed by atoms with Crippen molar-refractivity contribution in [1.82, 2.24) is 25.5 Å². The predicted octanol–water partition coefficient (Wildman–Crippen LogP) is 6.26. The van der Waals surface area contributed by atoms with Gasteiger partial charge >= 0.3 is 5.97 Å². The van der Waals surface area contributed by atoms with Crippen LogP contribution in [-0.4, -0.2) is 103 Å². The highest BCUT2D eigenvalue weighted by atomic mass is 16.5. The number of hydrogen-bond acceptors (Lipinski definition) is 11. The number of aromatic nitrogens is 2. The molecule has 3 amide bonds. The molecule has 316 valence electrons. The molecule has 4 fully saturated rings. The van der Waals surface area contributed by atoms with Crippen molar-refractivity contribution in [3.05, 3.63) is 30.0 Å². The topological polar surface area (TPSA) is 158 Å². The Balaban J connectivity index is 0.878. The van der Waals surface area contributed by atoms with Gasteiger partial charge in [0.15, 0.2) is 5.82 Å². The smallest absolute Gasteiger partial charge is 0.329 e. The van der Waals surface area contributed by atoms with E-state index in [-0.39, 0.29) is 53.8 Å². The molecule has 3 aliphatic carbocycles. The standard InChI is InChI=1S/C44H64N8O6/c1-4-35-42(55)50(2)36-28-45-44(49-40(36)52(35)32-15-10-11-16-32)47-34-21-20-30(27-37(34)57-3)41(54)46-31-22-25-51(26-23-31)24-12-19-38(53)48-39(29-13-8-9-14-29)43(56)58-33-17-6-5-7-18-33/h20-21,27-29,31-33,35,39H,4-19,22-26H2,1-3H3,(H,46,54)(H,48,53)(H,45,47,49)/t35-,39-/m1/s1. The SMILES string of the molecule is CC[C@@H]1C(=O)N(C)c2cnc(Nc3ccc(C(=O)NC4CCN(CCCC(=O)N[C@@H](C(=O)OC5CCCCC5)C5CCCC5)CC4)cc3OC)nc2N1C1CCCC1. The minimum atomic E-state index is -0.537. The molecule has 1 aromatic carbocycles. The number of hydrogen-bond donors (Lipinski definition) is 3. The van der Waals surface area contributed by atoms with Crippen LogP contribution in [0.4, 0.5) is 23.1 Å². The number of piperidine rings is 1. The summed E-state index contributed by atoms with van der Waals surface area (Å²) in [6.07, 6.45) is 18.8. The van der Waals surface area contributed by atoms with Crippen molar-refractivity contribution in [2.24, 2.45) is 5.92 Å². The Bertz CT molecular complexity index is 1750. The number of ether oxygens (including phenoxy) is 2. The fraction of sp³-hybridized carbons (Fsp3) is 0.682. The molecule has 1 saturated heterocycles. The largest absolute Gasteiger partial charge is 0.495 e. The molecule has 0 spiro atoms. The van der Waals surface area contributed by atoms with E-state index < -0.39 is 6.04 Å². The fourth-order valence-electron chi connectivity index (χ4n) is 9.86. The van der Waals surface area contributed by atoms with E-state index in [1.165, 1.54) is 6.42 Å². The Morgan fingerprint density at radius 1 is 0.931 bits per heavy atom. The van der Waals surface area contributed by atoms with Crippen LogP contribution in [0.3, 0.4) is 0 Å². The number of nitrogens with one attached hydrogen (secondary N) is 3. The lowest BCUT2D eigenvalue weighted by atomic mass is 9.96. The third-order valence-corrected chi connectivity index (χ3v) is 13.2. The summed E-state index contributed by atoms with van der Waals surface area (Å²) in [7, 11) is 3.36. The van der Waals surface area contributed by atoms with Crippen LogP contribution >= 0.6 is 0 Å². The minimum absolute atomic E-state index is 0.0115. The van der Waals surface area contributed by atoms with E-state index in [0.717, 1.165) is 115 Å². The minimum Gasteiger partial charge on any atom is -0.495 e. The van der Waals surface area contributed by atoms with Crippen molar-refractivity contribution in [2.45, 2.75) is 153 Å². The summed E-state index contributed by atoms with van der Waals surface area (Å²) < 4.78 is 11.6. The van der Waals surface area contributed by atoms with Gasteiger partial charge < -0.3 is 40.1 Å². The molecule has 14 nitrogen and oxygen atoms in total. The average molecular weight is 801 g/mol. The molecule has 58 heavy (non-hydrogen) atoms. The third kappa shape index (κ3) is 9.86. The molecule has 14 heteroatoms. The number of likely N-dealkylation sites (N-methyl/N-ethyl adjacent to an activating group) is 1. The molecule has 7 rings (SSSR count). The van der Waals surface area contributed by atoms with Gasteiger partial charge in [-0.05, 0) is 108 Å². The van der Waals surface area contributed by atoms with Crippen molar-refractivity contribution >= 4 is 46.8 Å². The Hall–Kier alpha value is -4.46. The van der Waals surface area contributed by atoms with Crippen molar-refractivity contribution in [1.29, 1.82) is 0 Å². The van der Waals surface area contributed by atoms with E-state index in [0.29, 0.717) is 47.9 Å². The summed E-state index contributed by atoms with van der Waals surface area (Å²) in [5.41, 5.74) is 1.84. The van der Waals surface area contributed by atoms with Crippen molar-refractivity contribution in [3.8, 4) is 5.75 Å². The first-order valence-corrected chi connectivity index (χ1v) is 22.1. The average Bonchev–Trinajstić information content (AvgIpc) is 3.98. The van der Waals surface area contributed by atoms with Gasteiger partial charge in [-0.25, -0.2) is 9.78 Å². The predicted molar refractivity (Wildman–Crippen MR) is 224 cm³/mol. The third-order valence-electron chi connectivity index (χ3n) is 13.2. The summed E-state index contributed by atoms with van der Waals surface area (Å²) in [5.74, 6) is 1.41. The van der Waals surface area contributed by atoms with E-state index in [1.807, 2.05) is 13.0 Å². The molecule has 3 N–H and O–H groups in total. The van der Waals surface area contributed by atoms with E-state index in [1.54, 1.807) is 37.4 Å². The molecule has 3 saturated carbocycles. The van der Waals surface area contributed by atoms with Gasteiger partial charge in [0.05, 0.1) is 19.0 Å². The van der Waals surface area contributed by atoms with Crippen LogP contribution in [0.15, 0.2) is 24.4 Å². The van der Waals surface area contributed by atoms with Gasteiger partial charge in [-0.15, -0.1) is 0 Å². The van der Waals surface area contributed by atoms with Crippen LogP contribution in [0, 0.1) is 5.92 Å². The van der Waals surface area contributed by atoms with E-state index in [9.17, 15) is 19.2 Å². The summed E-state index contributed by atoms with van der Waals surface area (Å²) in [6.45, 7) is 4.51. The van der Waals surface area contributed by atoms with Gasteiger partial charge in [-0.3, -0.25) is 14.4 Å². The van der Waals surface area contributed by atoms with Crippen molar-refractivity contribution < 1.29 is 28.7 Å². The van der Waals surface area contributed by atoms with E-state index in [2.05, 4.69) is 30.7 Å². The zero-order valence-corrected chi connectivity index (χ0v) is 34.8. The Kier molecular flexibility index (Phi) is 14.0. The van der Waals surface area contributed by atoms with Gasteiger partial charge in [-0.2, -0.15) is 4.98 Å². The first-order valence-electron chi connectivity index (χ1n) is 22.1. The van der Waals surface area contributed by atoms with Gasteiger partial charge in [-0.1, -0.05) is 39.0 Å². The molecule has 2 aliphatic heterocycles. The second kappa shape index (κ2) is 19.5. The fourth-order valence-corrected chi connectivity index (χ4v) is 9.86. The molecule has 1 aromatic heterocycles. The number of esters is 1. The first-order chi connectivity index (χ1) is 28.2. The summed E-state index contributed by atoms with van der Waals surface area (Å²) in [6, 6.07) is 4.83. The van der Waals surface area contributed by atoms with Gasteiger partial charge in [0, 0.05) is 44.2 Å². The number of carbonyl (C=O) groups excluding carboxylic acids is 4. The Morgan fingerprint density at radius 3 is 2.34 bits per heavy atom. The maximum absolute atomic E-state index is 13.4. The van der Waals surface area contributed by atoms with Crippen molar-refractivity contribution in [3.63, 3.8) is 0 Å². The van der Waals surface area contributed by atoms with Crippen LogP contribution in [0.1, 0.15) is 133 Å². The molecular weight excluding hydrogens is 737 g/mol. The first kappa shape index (κ1) is 41.7. The highest BCUT2D eigenvalue weighted by Gasteiger charge is 2.41. The maximum Gasteiger partial charge on any atom is 0.329 e. The van der Waals surface area contributed by atoms with Crippen molar-refractivity contribution in [2.75, 3.05) is 48.9 Å². The molecule has 2 atom stereocenters. The number of nitrogens with zero attached hydrogens (tertiary/aromatic N) is 5. The molecule has 2 aromatic rings. The van der Waals surface area contributed by atoms with Gasteiger partial charge in [0.2, 0.25) is 17.8 Å². The van der Waals surface area contributed by atoms with E-state index >= 15 is 0 Å². The van der Waals surface area contributed by atoms with E-state index in [4.69, 9.17) is 14.5 Å². The van der Waals surface area contributed by atoms with Crippen LogP contribution in [-0.2, 0) is 19.1 Å². The number of carbonyl (C=O) groups is 4. The second-order valence-corrected chi connectivity index (χ2v) is 17.1. The lowest BCUT2D eigenvalue weighted by Gasteiger charge is -2.43. The normalized spacial score (nSPS) is 21.8.